The van der Waals surface area contributed by atoms with Crippen molar-refractivity contribution < 1.29 is 19.1 Å². The highest BCUT2D eigenvalue weighted by Gasteiger charge is 2.16. The zero-order chi connectivity index (χ0) is 24.7. The normalized spacial score (nSPS) is 10.7. The van der Waals surface area contributed by atoms with Crippen LogP contribution in [0.15, 0.2) is 59.7 Å². The van der Waals surface area contributed by atoms with Crippen LogP contribution in [0.25, 0.3) is 0 Å². The highest BCUT2D eigenvalue weighted by atomic mass is 35.5. The fraction of sp³-hybridized carbons (Fsp3) is 0.160. The van der Waals surface area contributed by atoms with E-state index in [1.807, 2.05) is 32.0 Å². The first-order chi connectivity index (χ1) is 16.3. The van der Waals surface area contributed by atoms with Crippen molar-refractivity contribution in [3.05, 3.63) is 86.9 Å². The SMILES string of the molecule is COc1cccc(/C=N\NC(=O)C(=O)Nc2c(C)cccc2C)c1OCc1c(Cl)cccc1Cl. The number of benzene rings is 3. The number of para-hydroxylation sites is 2. The third kappa shape index (κ3) is 6.07. The van der Waals surface area contributed by atoms with Crippen molar-refractivity contribution in [2.75, 3.05) is 12.4 Å². The molecular weight excluding hydrogens is 477 g/mol. The topological polar surface area (TPSA) is 89.0 Å². The fourth-order valence-corrected chi connectivity index (χ4v) is 3.66. The summed E-state index contributed by atoms with van der Waals surface area (Å²) < 4.78 is 11.3. The van der Waals surface area contributed by atoms with Gasteiger partial charge in [-0.15, -0.1) is 0 Å². The van der Waals surface area contributed by atoms with Gasteiger partial charge in [0.2, 0.25) is 0 Å². The molecule has 0 aliphatic carbocycles. The van der Waals surface area contributed by atoms with Crippen molar-refractivity contribution in [2.24, 2.45) is 5.10 Å². The Morgan fingerprint density at radius 2 is 1.56 bits per heavy atom. The molecule has 3 aromatic carbocycles. The number of hydrogen-bond donors (Lipinski definition) is 2. The summed E-state index contributed by atoms with van der Waals surface area (Å²) in [7, 11) is 1.51. The molecule has 34 heavy (non-hydrogen) atoms. The summed E-state index contributed by atoms with van der Waals surface area (Å²) >= 11 is 12.5. The van der Waals surface area contributed by atoms with Crippen molar-refractivity contribution in [3.63, 3.8) is 0 Å². The zero-order valence-corrected chi connectivity index (χ0v) is 20.3. The van der Waals surface area contributed by atoms with E-state index in [4.69, 9.17) is 32.7 Å². The second-order valence-electron chi connectivity index (χ2n) is 7.29. The number of halogens is 2. The van der Waals surface area contributed by atoms with Crippen molar-refractivity contribution in [3.8, 4) is 11.5 Å². The van der Waals surface area contributed by atoms with E-state index in [0.717, 1.165) is 11.1 Å². The minimum absolute atomic E-state index is 0.0876. The number of nitrogens with zero attached hydrogens (tertiary/aromatic N) is 1. The van der Waals surface area contributed by atoms with Gasteiger partial charge in [0.05, 0.1) is 13.3 Å². The van der Waals surface area contributed by atoms with E-state index in [9.17, 15) is 9.59 Å². The Kier molecular flexibility index (Phi) is 8.51. The summed E-state index contributed by atoms with van der Waals surface area (Å²) in [5.74, 6) is -0.915. The van der Waals surface area contributed by atoms with E-state index < -0.39 is 11.8 Å². The first-order valence-electron chi connectivity index (χ1n) is 10.2. The molecule has 0 bridgehead atoms. The molecule has 0 fully saturated rings. The van der Waals surface area contributed by atoms with E-state index in [2.05, 4.69) is 15.8 Å². The number of carbonyl (C=O) groups excluding carboxylic acids is 2. The molecule has 0 unspecified atom stereocenters. The number of anilines is 1. The molecule has 176 valence electrons. The standard InChI is InChI=1S/C25H23Cl2N3O4/c1-15-7-4-8-16(2)22(15)29-24(31)25(32)30-28-13-17-9-5-12-21(33-3)23(17)34-14-18-19(26)10-6-11-20(18)27/h4-13H,14H2,1-3H3,(H,29,31)(H,30,32)/b28-13-. The van der Waals surface area contributed by atoms with Gasteiger partial charge in [0.25, 0.3) is 0 Å². The molecule has 3 rings (SSSR count). The van der Waals surface area contributed by atoms with Crippen molar-refractivity contribution >= 4 is 46.9 Å². The highest BCUT2D eigenvalue weighted by molar-refractivity contribution is 6.39. The number of hydrazone groups is 1. The monoisotopic (exact) mass is 499 g/mol. The number of amides is 2. The van der Waals surface area contributed by atoms with Gasteiger partial charge in [0.15, 0.2) is 11.5 Å². The van der Waals surface area contributed by atoms with Crippen LogP contribution in [-0.4, -0.2) is 25.1 Å². The smallest absolute Gasteiger partial charge is 0.329 e. The minimum Gasteiger partial charge on any atom is -0.493 e. The van der Waals surface area contributed by atoms with Crippen LogP contribution in [0.1, 0.15) is 22.3 Å². The summed E-state index contributed by atoms with van der Waals surface area (Å²) in [5, 5.41) is 7.46. The molecule has 7 nitrogen and oxygen atoms in total. The molecule has 0 atom stereocenters. The maximum Gasteiger partial charge on any atom is 0.329 e. The number of nitrogens with one attached hydrogen (secondary N) is 2. The number of hydrogen-bond acceptors (Lipinski definition) is 5. The average Bonchev–Trinajstić information content (AvgIpc) is 2.81. The summed E-state index contributed by atoms with van der Waals surface area (Å²) in [6.07, 6.45) is 1.36. The van der Waals surface area contributed by atoms with Gasteiger partial charge in [-0.25, -0.2) is 5.43 Å². The van der Waals surface area contributed by atoms with Crippen LogP contribution in [0.5, 0.6) is 11.5 Å². The maximum absolute atomic E-state index is 12.3. The lowest BCUT2D eigenvalue weighted by molar-refractivity contribution is -0.136. The molecule has 0 saturated carbocycles. The Morgan fingerprint density at radius 1 is 0.941 bits per heavy atom. The third-order valence-corrected chi connectivity index (χ3v) is 5.66. The fourth-order valence-electron chi connectivity index (χ4n) is 3.16. The molecule has 0 spiro atoms. The van der Waals surface area contributed by atoms with Gasteiger partial charge in [-0.3, -0.25) is 9.59 Å². The molecule has 9 heteroatoms. The quantitative estimate of drug-likeness (QED) is 0.262. The Hall–Kier alpha value is -3.55. The highest BCUT2D eigenvalue weighted by Crippen LogP contribution is 2.33. The molecule has 2 amide bonds. The molecule has 2 N–H and O–H groups in total. The molecule has 0 aliphatic heterocycles. The van der Waals surface area contributed by atoms with Crippen LogP contribution in [0, 0.1) is 13.8 Å². The summed E-state index contributed by atoms with van der Waals surface area (Å²) in [4.78, 5) is 24.5. The van der Waals surface area contributed by atoms with Crippen molar-refractivity contribution in [1.29, 1.82) is 0 Å². The van der Waals surface area contributed by atoms with Crippen LogP contribution in [0.4, 0.5) is 5.69 Å². The van der Waals surface area contributed by atoms with Gasteiger partial charge in [-0.05, 0) is 49.2 Å². The number of methoxy groups -OCH3 is 1. The van der Waals surface area contributed by atoms with E-state index in [1.54, 1.807) is 36.4 Å². The molecular formula is C25H23Cl2N3O4. The Labute approximate surface area is 207 Å². The first-order valence-corrected chi connectivity index (χ1v) is 11.0. The third-order valence-electron chi connectivity index (χ3n) is 4.95. The zero-order valence-electron chi connectivity index (χ0n) is 18.8. The summed E-state index contributed by atoms with van der Waals surface area (Å²) in [5.41, 5.74) is 5.65. The summed E-state index contributed by atoms with van der Waals surface area (Å²) in [6, 6.07) is 15.9. The molecule has 0 heterocycles. The Morgan fingerprint density at radius 3 is 2.21 bits per heavy atom. The molecule has 0 aliphatic rings. The molecule has 0 saturated heterocycles. The Bertz CT molecular complexity index is 1200. The lowest BCUT2D eigenvalue weighted by Gasteiger charge is -2.14. The van der Waals surface area contributed by atoms with Gasteiger partial charge in [0.1, 0.15) is 6.61 Å². The first kappa shape index (κ1) is 25.1. The van der Waals surface area contributed by atoms with Crippen molar-refractivity contribution in [1.82, 2.24) is 5.43 Å². The predicted molar refractivity (Wildman–Crippen MR) is 134 cm³/mol. The Balaban J connectivity index is 1.71. The van der Waals surface area contributed by atoms with Gasteiger partial charge in [0, 0.05) is 26.9 Å². The van der Waals surface area contributed by atoms with Gasteiger partial charge in [-0.2, -0.15) is 5.10 Å². The largest absolute Gasteiger partial charge is 0.493 e. The molecule has 0 aromatic heterocycles. The van der Waals surface area contributed by atoms with E-state index in [-0.39, 0.29) is 6.61 Å². The van der Waals surface area contributed by atoms with Crippen LogP contribution in [-0.2, 0) is 16.2 Å². The number of aryl methyl sites for hydroxylation is 2. The predicted octanol–water partition coefficient (Wildman–Crippen LogP) is 5.29. The van der Waals surface area contributed by atoms with Gasteiger partial charge in [-0.1, -0.05) is 53.5 Å². The lowest BCUT2D eigenvalue weighted by Crippen LogP contribution is -2.32. The van der Waals surface area contributed by atoms with E-state index >= 15 is 0 Å². The van der Waals surface area contributed by atoms with Crippen LogP contribution in [0.3, 0.4) is 0 Å². The van der Waals surface area contributed by atoms with Crippen LogP contribution >= 0.6 is 23.2 Å². The summed E-state index contributed by atoms with van der Waals surface area (Å²) in [6.45, 7) is 3.78. The maximum atomic E-state index is 12.3. The van der Waals surface area contributed by atoms with Crippen molar-refractivity contribution in [2.45, 2.75) is 20.5 Å². The number of rotatable bonds is 7. The molecule has 3 aromatic rings. The minimum atomic E-state index is -0.910. The lowest BCUT2D eigenvalue weighted by atomic mass is 10.1. The van der Waals surface area contributed by atoms with Crippen LogP contribution in [0.2, 0.25) is 10.0 Å². The second-order valence-corrected chi connectivity index (χ2v) is 8.10. The average molecular weight is 500 g/mol. The van der Waals surface area contributed by atoms with Gasteiger partial charge < -0.3 is 14.8 Å². The molecule has 0 radical (unpaired) electrons. The van der Waals surface area contributed by atoms with Crippen LogP contribution < -0.4 is 20.2 Å². The number of carbonyl (C=O) groups is 2. The number of ether oxygens (including phenoxy) is 2. The van der Waals surface area contributed by atoms with E-state index in [0.29, 0.717) is 38.4 Å². The second kappa shape index (κ2) is 11.5. The van der Waals surface area contributed by atoms with Gasteiger partial charge >= 0.3 is 11.8 Å². The van der Waals surface area contributed by atoms with E-state index in [1.165, 1.54) is 13.3 Å².